The summed E-state index contributed by atoms with van der Waals surface area (Å²) in [6.45, 7) is 5.31. The zero-order chi connectivity index (χ0) is 11.5. The summed E-state index contributed by atoms with van der Waals surface area (Å²) >= 11 is 3.52. The lowest BCUT2D eigenvalue weighted by atomic mass is 10.0. The van der Waals surface area contributed by atoms with Crippen LogP contribution in [0.3, 0.4) is 0 Å². The fourth-order valence-corrected chi connectivity index (χ4v) is 2.65. The van der Waals surface area contributed by atoms with Crippen molar-refractivity contribution in [1.29, 1.82) is 0 Å². The Labute approximate surface area is 106 Å². The summed E-state index contributed by atoms with van der Waals surface area (Å²) in [7, 11) is 0. The third kappa shape index (κ3) is 2.25. The zero-order valence-electron chi connectivity index (χ0n) is 9.79. The van der Waals surface area contributed by atoms with E-state index in [2.05, 4.69) is 47.2 Å². The van der Waals surface area contributed by atoms with Crippen molar-refractivity contribution in [3.63, 3.8) is 0 Å². The van der Waals surface area contributed by atoms with E-state index in [4.69, 9.17) is 4.74 Å². The van der Waals surface area contributed by atoms with Gasteiger partial charge < -0.3 is 10.1 Å². The number of likely N-dealkylation sites (N-methyl/N-ethyl adjacent to an activating group) is 1. The molecule has 2 unspecified atom stereocenters. The second-order valence-electron chi connectivity index (χ2n) is 4.16. The summed E-state index contributed by atoms with van der Waals surface area (Å²) < 4.78 is 7.10. The maximum Gasteiger partial charge on any atom is 0.124 e. The summed E-state index contributed by atoms with van der Waals surface area (Å²) in [6.07, 6.45) is 2.54. The summed E-state index contributed by atoms with van der Waals surface area (Å²) in [5.74, 6) is 1.03. The Bertz CT molecular complexity index is 367. The van der Waals surface area contributed by atoms with Crippen molar-refractivity contribution in [2.45, 2.75) is 38.8 Å². The fourth-order valence-electron chi connectivity index (χ4n) is 2.27. The van der Waals surface area contributed by atoms with E-state index in [0.717, 1.165) is 29.6 Å². The van der Waals surface area contributed by atoms with Crippen LogP contribution in [0, 0.1) is 0 Å². The van der Waals surface area contributed by atoms with E-state index < -0.39 is 0 Å². The van der Waals surface area contributed by atoms with Gasteiger partial charge in [0, 0.05) is 10.0 Å². The normalized spacial score (nSPS) is 22.9. The van der Waals surface area contributed by atoms with Crippen LogP contribution >= 0.6 is 15.9 Å². The third-order valence-electron chi connectivity index (χ3n) is 2.95. The third-order valence-corrected chi connectivity index (χ3v) is 3.45. The van der Waals surface area contributed by atoms with Gasteiger partial charge in [0.1, 0.15) is 11.9 Å². The molecular weight excluding hydrogens is 266 g/mol. The van der Waals surface area contributed by atoms with Gasteiger partial charge in [0.25, 0.3) is 0 Å². The molecule has 0 amide bonds. The van der Waals surface area contributed by atoms with Crippen LogP contribution in [-0.4, -0.2) is 12.6 Å². The van der Waals surface area contributed by atoms with Crippen molar-refractivity contribution in [2.75, 3.05) is 6.54 Å². The summed E-state index contributed by atoms with van der Waals surface area (Å²) in [5, 5.41) is 3.52. The molecule has 1 aliphatic heterocycles. The standard InChI is InChI=1S/C13H18BrNO/c1-3-5-12-13(15-4-2)10-8-9(14)6-7-11(10)16-12/h6-8,12-13,15H,3-5H2,1-2H3. The predicted molar refractivity (Wildman–Crippen MR) is 69.9 cm³/mol. The highest BCUT2D eigenvalue weighted by Crippen LogP contribution is 2.39. The molecule has 0 radical (unpaired) electrons. The van der Waals surface area contributed by atoms with Crippen molar-refractivity contribution in [3.05, 3.63) is 28.2 Å². The first-order valence-electron chi connectivity index (χ1n) is 5.95. The van der Waals surface area contributed by atoms with Gasteiger partial charge in [-0.1, -0.05) is 36.2 Å². The molecule has 0 aliphatic carbocycles. The molecule has 0 saturated heterocycles. The Kier molecular flexibility index (Phi) is 3.87. The zero-order valence-corrected chi connectivity index (χ0v) is 11.4. The smallest absolute Gasteiger partial charge is 0.124 e. The van der Waals surface area contributed by atoms with E-state index in [9.17, 15) is 0 Å². The monoisotopic (exact) mass is 283 g/mol. The predicted octanol–water partition coefficient (Wildman–Crippen LogP) is 3.66. The first-order valence-corrected chi connectivity index (χ1v) is 6.75. The molecule has 2 rings (SSSR count). The van der Waals surface area contributed by atoms with Crippen LogP contribution < -0.4 is 10.1 Å². The number of hydrogen-bond donors (Lipinski definition) is 1. The summed E-state index contributed by atoms with van der Waals surface area (Å²) in [4.78, 5) is 0. The maximum atomic E-state index is 5.98. The lowest BCUT2D eigenvalue weighted by Gasteiger charge is -2.19. The Morgan fingerprint density at radius 2 is 2.19 bits per heavy atom. The largest absolute Gasteiger partial charge is 0.488 e. The summed E-state index contributed by atoms with van der Waals surface area (Å²) in [6, 6.07) is 6.60. The second kappa shape index (κ2) is 5.19. The van der Waals surface area contributed by atoms with Crippen LogP contribution in [0.1, 0.15) is 38.3 Å². The Morgan fingerprint density at radius 3 is 2.88 bits per heavy atom. The van der Waals surface area contributed by atoms with Crippen LogP contribution in [0.4, 0.5) is 0 Å². The van der Waals surface area contributed by atoms with Crippen LogP contribution in [0.5, 0.6) is 5.75 Å². The molecule has 1 aliphatic rings. The molecule has 0 saturated carbocycles. The van der Waals surface area contributed by atoms with Crippen LogP contribution in [0.25, 0.3) is 0 Å². The van der Waals surface area contributed by atoms with Crippen LogP contribution in [0.15, 0.2) is 22.7 Å². The molecule has 0 spiro atoms. The number of rotatable bonds is 4. The molecule has 1 aromatic rings. The van der Waals surface area contributed by atoms with E-state index in [1.54, 1.807) is 0 Å². The highest BCUT2D eigenvalue weighted by molar-refractivity contribution is 9.10. The van der Waals surface area contributed by atoms with Crippen molar-refractivity contribution < 1.29 is 4.74 Å². The molecular formula is C13H18BrNO. The van der Waals surface area contributed by atoms with Crippen molar-refractivity contribution >= 4 is 15.9 Å². The number of benzene rings is 1. The molecule has 2 nitrogen and oxygen atoms in total. The van der Waals surface area contributed by atoms with Gasteiger partial charge in [0.05, 0.1) is 6.04 Å². The van der Waals surface area contributed by atoms with E-state index in [0.29, 0.717) is 6.04 Å². The SMILES string of the molecule is CCCC1Oc2ccc(Br)cc2C1NCC. The first-order chi connectivity index (χ1) is 7.76. The van der Waals surface area contributed by atoms with Crippen molar-refractivity contribution in [2.24, 2.45) is 0 Å². The van der Waals surface area contributed by atoms with E-state index in [1.165, 1.54) is 5.56 Å². The van der Waals surface area contributed by atoms with Gasteiger partial charge in [-0.3, -0.25) is 0 Å². The van der Waals surface area contributed by atoms with Gasteiger partial charge in [-0.15, -0.1) is 0 Å². The molecule has 0 fully saturated rings. The van der Waals surface area contributed by atoms with Gasteiger partial charge in [0.15, 0.2) is 0 Å². The Hall–Kier alpha value is -0.540. The molecule has 1 heterocycles. The molecule has 0 bridgehead atoms. The minimum atomic E-state index is 0.286. The molecule has 3 heteroatoms. The summed E-state index contributed by atoms with van der Waals surface area (Å²) in [5.41, 5.74) is 1.29. The molecule has 2 atom stereocenters. The molecule has 0 aromatic heterocycles. The van der Waals surface area contributed by atoms with Crippen molar-refractivity contribution in [3.8, 4) is 5.75 Å². The molecule has 88 valence electrons. The van der Waals surface area contributed by atoms with Gasteiger partial charge in [-0.05, 0) is 31.2 Å². The Balaban J connectivity index is 2.26. The van der Waals surface area contributed by atoms with E-state index in [1.807, 2.05) is 6.07 Å². The van der Waals surface area contributed by atoms with Crippen molar-refractivity contribution in [1.82, 2.24) is 5.32 Å². The number of hydrogen-bond acceptors (Lipinski definition) is 2. The van der Waals surface area contributed by atoms with Gasteiger partial charge in [-0.25, -0.2) is 0 Å². The molecule has 1 aromatic carbocycles. The fraction of sp³-hybridized carbons (Fsp3) is 0.538. The minimum absolute atomic E-state index is 0.286. The number of ether oxygens (including phenoxy) is 1. The second-order valence-corrected chi connectivity index (χ2v) is 5.08. The molecule has 16 heavy (non-hydrogen) atoms. The average molecular weight is 284 g/mol. The molecule has 1 N–H and O–H groups in total. The Morgan fingerprint density at radius 1 is 1.38 bits per heavy atom. The highest BCUT2D eigenvalue weighted by atomic mass is 79.9. The van der Waals surface area contributed by atoms with Crippen LogP contribution in [0.2, 0.25) is 0 Å². The quantitative estimate of drug-likeness (QED) is 0.911. The number of halogens is 1. The number of fused-ring (bicyclic) bond motifs is 1. The number of nitrogens with one attached hydrogen (secondary N) is 1. The lowest BCUT2D eigenvalue weighted by Crippen LogP contribution is -2.30. The van der Waals surface area contributed by atoms with Crippen LogP contribution in [-0.2, 0) is 0 Å². The maximum absolute atomic E-state index is 5.98. The topological polar surface area (TPSA) is 21.3 Å². The lowest BCUT2D eigenvalue weighted by molar-refractivity contribution is 0.179. The highest BCUT2D eigenvalue weighted by Gasteiger charge is 2.32. The minimum Gasteiger partial charge on any atom is -0.488 e. The van der Waals surface area contributed by atoms with Gasteiger partial charge in [0.2, 0.25) is 0 Å². The average Bonchev–Trinajstić information content (AvgIpc) is 2.58. The van der Waals surface area contributed by atoms with Gasteiger partial charge in [-0.2, -0.15) is 0 Å². The van der Waals surface area contributed by atoms with Gasteiger partial charge >= 0.3 is 0 Å². The first kappa shape index (κ1) is 11.9. The van der Waals surface area contributed by atoms with E-state index >= 15 is 0 Å². The van der Waals surface area contributed by atoms with E-state index in [-0.39, 0.29) is 6.10 Å².